The summed E-state index contributed by atoms with van der Waals surface area (Å²) in [6, 6.07) is 17.0. The second-order valence-electron chi connectivity index (χ2n) is 8.28. The fourth-order valence-electron chi connectivity index (χ4n) is 5.16. The Morgan fingerprint density at radius 1 is 1.14 bits per heavy atom. The van der Waals surface area contributed by atoms with Crippen molar-refractivity contribution in [1.82, 2.24) is 0 Å². The van der Waals surface area contributed by atoms with Crippen LogP contribution in [0.4, 0.5) is 15.8 Å². The predicted molar refractivity (Wildman–Crippen MR) is 106 cm³/mol. The average Bonchev–Trinajstić information content (AvgIpc) is 3.09. The number of para-hydroxylation sites is 2. The number of aliphatic hydroxyl groups excluding tert-OH is 1. The minimum Gasteiger partial charge on any atom is -0.396 e. The maximum atomic E-state index is 15.2. The number of anilines is 2. The number of amides is 1. The Morgan fingerprint density at radius 2 is 1.79 bits per heavy atom. The highest BCUT2D eigenvalue weighted by molar-refractivity contribution is 6.12. The molecular formula is C23H26FNO3. The molecule has 28 heavy (non-hydrogen) atoms. The highest BCUT2D eigenvalue weighted by Crippen LogP contribution is 2.59. The molecule has 4 atom stereocenters. The Kier molecular flexibility index (Phi) is 4.55. The first-order valence-electron chi connectivity index (χ1n) is 9.79. The largest absolute Gasteiger partial charge is 0.396 e. The fraction of sp³-hybridized carbons (Fsp3) is 0.435. The Bertz CT molecular complexity index is 879. The van der Waals surface area contributed by atoms with Crippen molar-refractivity contribution < 1.29 is 19.0 Å². The molecule has 0 saturated carbocycles. The summed E-state index contributed by atoms with van der Waals surface area (Å²) in [5.74, 6) is -1.08. The first kappa shape index (κ1) is 19.1. The smallest absolute Gasteiger partial charge is 0.268 e. The van der Waals surface area contributed by atoms with Gasteiger partial charge in [0.05, 0.1) is 11.8 Å². The molecule has 148 valence electrons. The first-order valence-corrected chi connectivity index (χ1v) is 9.79. The number of nitrogens with zero attached hydrogens (tertiary/aromatic N) is 1. The molecule has 2 aliphatic heterocycles. The van der Waals surface area contributed by atoms with Gasteiger partial charge in [-0.3, -0.25) is 9.69 Å². The highest BCUT2D eigenvalue weighted by Gasteiger charge is 2.66. The lowest BCUT2D eigenvalue weighted by molar-refractivity contribution is -0.145. The number of aliphatic hydroxyl groups is 1. The molecule has 1 N–H and O–H groups in total. The van der Waals surface area contributed by atoms with E-state index in [4.69, 9.17) is 4.74 Å². The first-order chi connectivity index (χ1) is 13.3. The third kappa shape index (κ3) is 2.60. The third-order valence-electron chi connectivity index (χ3n) is 6.20. The van der Waals surface area contributed by atoms with Gasteiger partial charge in [-0.05, 0) is 38.5 Å². The highest BCUT2D eigenvalue weighted by atomic mass is 19.1. The number of hydrogen-bond donors (Lipinski definition) is 1. The maximum absolute atomic E-state index is 15.2. The number of hydrogen-bond acceptors (Lipinski definition) is 3. The summed E-state index contributed by atoms with van der Waals surface area (Å²) in [6.07, 6.45) is -0.238. The van der Waals surface area contributed by atoms with Crippen molar-refractivity contribution in [3.05, 3.63) is 60.2 Å². The van der Waals surface area contributed by atoms with Gasteiger partial charge in [-0.15, -0.1) is 0 Å². The van der Waals surface area contributed by atoms with Crippen molar-refractivity contribution in [2.75, 3.05) is 11.5 Å². The molecule has 0 aromatic heterocycles. The van der Waals surface area contributed by atoms with Crippen molar-refractivity contribution in [1.29, 1.82) is 0 Å². The molecule has 1 fully saturated rings. The SMILES string of the molecule is C[C@@H]1[C@@H](C(C)(C)F)[C@H](CCO)O[C@@]12C(=O)N(c1ccccc1)c1ccccc12. The number of benzene rings is 2. The van der Waals surface area contributed by atoms with Gasteiger partial charge in [-0.2, -0.15) is 0 Å². The number of carbonyl (C=O) groups is 1. The van der Waals surface area contributed by atoms with Crippen LogP contribution in [0.5, 0.6) is 0 Å². The summed E-state index contributed by atoms with van der Waals surface area (Å²) in [7, 11) is 0. The van der Waals surface area contributed by atoms with E-state index in [0.717, 1.165) is 16.9 Å². The van der Waals surface area contributed by atoms with Crippen molar-refractivity contribution in [3.63, 3.8) is 0 Å². The zero-order valence-electron chi connectivity index (χ0n) is 16.4. The standard InChI is InChI=1S/C23H26FNO3/c1-15-20(22(2,3)24)19(13-14-26)28-23(15)17-11-7-8-12-18(17)25(21(23)27)16-9-5-4-6-10-16/h4-12,15,19-20,26H,13-14H2,1-3H3/t15-,19+,20-,23+/m1/s1. The van der Waals surface area contributed by atoms with Crippen LogP contribution in [0.2, 0.25) is 0 Å². The summed E-state index contributed by atoms with van der Waals surface area (Å²) in [4.78, 5) is 15.5. The maximum Gasteiger partial charge on any atom is 0.268 e. The molecule has 4 nitrogen and oxygen atoms in total. The van der Waals surface area contributed by atoms with E-state index < -0.39 is 23.3 Å². The van der Waals surface area contributed by atoms with E-state index in [0.29, 0.717) is 6.42 Å². The van der Waals surface area contributed by atoms with Gasteiger partial charge in [0.15, 0.2) is 5.60 Å². The van der Waals surface area contributed by atoms with Crippen LogP contribution in [-0.2, 0) is 15.1 Å². The molecule has 4 rings (SSSR count). The third-order valence-corrected chi connectivity index (χ3v) is 6.20. The van der Waals surface area contributed by atoms with Crippen LogP contribution in [0.25, 0.3) is 0 Å². The molecule has 1 saturated heterocycles. The lowest BCUT2D eigenvalue weighted by Crippen LogP contribution is -2.44. The minimum atomic E-state index is -1.54. The van der Waals surface area contributed by atoms with Crippen LogP contribution in [0.3, 0.4) is 0 Å². The van der Waals surface area contributed by atoms with Gasteiger partial charge < -0.3 is 9.84 Å². The molecule has 5 heteroatoms. The second-order valence-corrected chi connectivity index (χ2v) is 8.28. The Hall–Kier alpha value is -2.24. The number of alkyl halides is 1. The van der Waals surface area contributed by atoms with Crippen molar-refractivity contribution in [2.24, 2.45) is 11.8 Å². The Morgan fingerprint density at radius 3 is 2.43 bits per heavy atom. The summed E-state index contributed by atoms with van der Waals surface area (Å²) in [5.41, 5.74) is -0.496. The number of ether oxygens (including phenoxy) is 1. The summed E-state index contributed by atoms with van der Waals surface area (Å²) >= 11 is 0. The molecule has 0 radical (unpaired) electrons. The molecular weight excluding hydrogens is 357 g/mol. The lowest BCUT2D eigenvalue weighted by atomic mass is 9.71. The zero-order chi connectivity index (χ0) is 20.1. The van der Waals surface area contributed by atoms with Crippen molar-refractivity contribution in [3.8, 4) is 0 Å². The Balaban J connectivity index is 1.89. The van der Waals surface area contributed by atoms with Crippen LogP contribution < -0.4 is 4.90 Å². The molecule has 1 amide bonds. The van der Waals surface area contributed by atoms with Crippen molar-refractivity contribution in [2.45, 2.75) is 44.6 Å². The van der Waals surface area contributed by atoms with E-state index in [-0.39, 0.29) is 18.4 Å². The number of rotatable bonds is 4. The van der Waals surface area contributed by atoms with Gasteiger partial charge in [0.25, 0.3) is 5.91 Å². The quantitative estimate of drug-likeness (QED) is 0.854. The van der Waals surface area contributed by atoms with Gasteiger partial charge in [-0.1, -0.05) is 43.3 Å². The summed E-state index contributed by atoms with van der Waals surface area (Å²) in [6.45, 7) is 4.84. The van der Waals surface area contributed by atoms with Crippen LogP contribution in [-0.4, -0.2) is 29.4 Å². The van der Waals surface area contributed by atoms with Crippen molar-refractivity contribution >= 4 is 17.3 Å². The molecule has 0 aliphatic carbocycles. The van der Waals surface area contributed by atoms with Gasteiger partial charge in [0.2, 0.25) is 0 Å². The van der Waals surface area contributed by atoms with E-state index in [1.807, 2.05) is 61.5 Å². The minimum absolute atomic E-state index is 0.113. The van der Waals surface area contributed by atoms with Crippen LogP contribution in [0.1, 0.15) is 32.8 Å². The van der Waals surface area contributed by atoms with Crippen LogP contribution in [0, 0.1) is 11.8 Å². The Labute approximate surface area is 164 Å². The van der Waals surface area contributed by atoms with Gasteiger partial charge in [-0.25, -0.2) is 4.39 Å². The number of carbonyl (C=O) groups excluding carboxylic acids is 1. The zero-order valence-corrected chi connectivity index (χ0v) is 16.4. The number of halogens is 1. The fourth-order valence-corrected chi connectivity index (χ4v) is 5.16. The second kappa shape index (κ2) is 6.68. The van der Waals surface area contributed by atoms with Gasteiger partial charge >= 0.3 is 0 Å². The molecule has 1 spiro atoms. The summed E-state index contributed by atoms with van der Waals surface area (Å²) < 4.78 is 21.6. The van der Waals surface area contributed by atoms with E-state index >= 15 is 4.39 Å². The monoisotopic (exact) mass is 383 g/mol. The lowest BCUT2D eigenvalue weighted by Gasteiger charge is -2.32. The molecule has 0 unspecified atom stereocenters. The topological polar surface area (TPSA) is 49.8 Å². The molecule has 0 bridgehead atoms. The molecule has 2 aliphatic rings. The van der Waals surface area contributed by atoms with E-state index in [2.05, 4.69) is 0 Å². The predicted octanol–water partition coefficient (Wildman–Crippen LogP) is 4.34. The van der Waals surface area contributed by atoms with Gasteiger partial charge in [0, 0.05) is 29.7 Å². The van der Waals surface area contributed by atoms with Gasteiger partial charge in [0.1, 0.15) is 5.67 Å². The molecule has 2 aromatic carbocycles. The average molecular weight is 383 g/mol. The van der Waals surface area contributed by atoms with E-state index in [9.17, 15) is 9.90 Å². The molecule has 2 aromatic rings. The molecule has 2 heterocycles. The number of fused-ring (bicyclic) bond motifs is 2. The van der Waals surface area contributed by atoms with E-state index in [1.54, 1.807) is 4.90 Å². The normalized spacial score (nSPS) is 29.5. The summed E-state index contributed by atoms with van der Waals surface area (Å²) in [5, 5.41) is 9.52. The van der Waals surface area contributed by atoms with Crippen LogP contribution >= 0.6 is 0 Å². The van der Waals surface area contributed by atoms with Crippen LogP contribution in [0.15, 0.2) is 54.6 Å². The van der Waals surface area contributed by atoms with E-state index in [1.165, 1.54) is 13.8 Å².